The molecule has 0 spiro atoms. The largest absolute Gasteiger partial charge is 0.379 e. The van der Waals surface area contributed by atoms with Gasteiger partial charge in [0, 0.05) is 38.8 Å². The summed E-state index contributed by atoms with van der Waals surface area (Å²) in [5.41, 5.74) is 0. The smallest absolute Gasteiger partial charge is 0.317 e. The van der Waals surface area contributed by atoms with Gasteiger partial charge < -0.3 is 15.0 Å². The zero-order valence-corrected chi connectivity index (χ0v) is 9.95. The molecule has 0 atom stereocenters. The van der Waals surface area contributed by atoms with Gasteiger partial charge in [0.2, 0.25) is 0 Å². The Hall–Kier alpha value is -0.810. The monoisotopic (exact) mass is 227 g/mol. The molecule has 5 nitrogen and oxygen atoms in total. The molecule has 0 aromatic rings. The molecule has 2 amide bonds. The van der Waals surface area contributed by atoms with E-state index in [4.69, 9.17) is 4.74 Å². The van der Waals surface area contributed by atoms with Crippen molar-refractivity contribution in [1.82, 2.24) is 15.1 Å². The van der Waals surface area contributed by atoms with Crippen molar-refractivity contribution in [3.63, 3.8) is 0 Å². The SMILES string of the molecule is CCCNC(=O)N1CC(N2CCOCC2)C1. The van der Waals surface area contributed by atoms with E-state index in [2.05, 4.69) is 17.1 Å². The summed E-state index contributed by atoms with van der Waals surface area (Å²) in [7, 11) is 0. The Balaban J connectivity index is 1.66. The van der Waals surface area contributed by atoms with Gasteiger partial charge in [-0.25, -0.2) is 4.79 Å². The molecule has 92 valence electrons. The van der Waals surface area contributed by atoms with Crippen LogP contribution < -0.4 is 5.32 Å². The molecule has 16 heavy (non-hydrogen) atoms. The molecule has 5 heteroatoms. The van der Waals surface area contributed by atoms with E-state index in [1.54, 1.807) is 0 Å². The van der Waals surface area contributed by atoms with E-state index in [1.165, 1.54) is 0 Å². The number of morpholine rings is 1. The van der Waals surface area contributed by atoms with Crippen LogP contribution in [0.1, 0.15) is 13.3 Å². The van der Waals surface area contributed by atoms with Crippen LogP contribution >= 0.6 is 0 Å². The van der Waals surface area contributed by atoms with E-state index in [0.29, 0.717) is 6.04 Å². The van der Waals surface area contributed by atoms with Gasteiger partial charge in [0.15, 0.2) is 0 Å². The van der Waals surface area contributed by atoms with Crippen molar-refractivity contribution in [1.29, 1.82) is 0 Å². The third-order valence-electron chi connectivity index (χ3n) is 3.24. The minimum absolute atomic E-state index is 0.0892. The Morgan fingerprint density at radius 2 is 2.06 bits per heavy atom. The number of carbonyl (C=O) groups is 1. The number of rotatable bonds is 3. The minimum Gasteiger partial charge on any atom is -0.379 e. The molecule has 2 aliphatic heterocycles. The number of ether oxygens (including phenoxy) is 1. The summed E-state index contributed by atoms with van der Waals surface area (Å²) >= 11 is 0. The van der Waals surface area contributed by atoms with E-state index < -0.39 is 0 Å². The van der Waals surface area contributed by atoms with Crippen LogP contribution in [0.25, 0.3) is 0 Å². The first-order valence-corrected chi connectivity index (χ1v) is 6.16. The number of urea groups is 1. The standard InChI is InChI=1S/C11H21N3O2/c1-2-3-12-11(15)14-8-10(9-14)13-4-6-16-7-5-13/h10H,2-9H2,1H3,(H,12,15). The summed E-state index contributed by atoms with van der Waals surface area (Å²) in [6.45, 7) is 8.26. The molecular weight excluding hydrogens is 206 g/mol. The number of hydrogen-bond acceptors (Lipinski definition) is 3. The Morgan fingerprint density at radius 1 is 1.38 bits per heavy atom. The predicted octanol–water partition coefficient (Wildman–Crippen LogP) is 0.122. The summed E-state index contributed by atoms with van der Waals surface area (Å²) in [6, 6.07) is 0.641. The molecule has 0 aromatic carbocycles. The second-order valence-corrected chi connectivity index (χ2v) is 4.44. The van der Waals surface area contributed by atoms with Crippen molar-refractivity contribution in [2.75, 3.05) is 45.9 Å². The van der Waals surface area contributed by atoms with Gasteiger partial charge in [-0.05, 0) is 6.42 Å². The second kappa shape index (κ2) is 5.50. The normalized spacial score (nSPS) is 22.9. The maximum atomic E-state index is 11.6. The lowest BCUT2D eigenvalue weighted by molar-refractivity contribution is -0.0202. The van der Waals surface area contributed by atoms with Gasteiger partial charge in [0.25, 0.3) is 0 Å². The van der Waals surface area contributed by atoms with Crippen molar-refractivity contribution >= 4 is 6.03 Å². The van der Waals surface area contributed by atoms with Crippen LogP contribution in [0.2, 0.25) is 0 Å². The van der Waals surface area contributed by atoms with E-state index in [0.717, 1.165) is 52.4 Å². The average Bonchev–Trinajstić information content (AvgIpc) is 2.26. The molecule has 2 heterocycles. The van der Waals surface area contributed by atoms with Crippen molar-refractivity contribution in [3.8, 4) is 0 Å². The molecule has 2 aliphatic rings. The molecule has 1 N–H and O–H groups in total. The third kappa shape index (κ3) is 2.65. The Kier molecular flexibility index (Phi) is 4.01. The molecule has 2 saturated heterocycles. The maximum Gasteiger partial charge on any atom is 0.317 e. The Labute approximate surface area is 96.7 Å². The molecule has 0 bridgehead atoms. The lowest BCUT2D eigenvalue weighted by Gasteiger charge is -2.46. The van der Waals surface area contributed by atoms with Crippen LogP contribution in [0.5, 0.6) is 0 Å². The highest BCUT2D eigenvalue weighted by molar-refractivity contribution is 5.75. The van der Waals surface area contributed by atoms with Crippen LogP contribution in [0.4, 0.5) is 4.79 Å². The Bertz CT molecular complexity index is 235. The van der Waals surface area contributed by atoms with Gasteiger partial charge in [-0.15, -0.1) is 0 Å². The molecule has 0 aromatic heterocycles. The fraction of sp³-hybridized carbons (Fsp3) is 0.909. The third-order valence-corrected chi connectivity index (χ3v) is 3.24. The Morgan fingerprint density at radius 3 is 2.69 bits per heavy atom. The van der Waals surface area contributed by atoms with Crippen LogP contribution in [0.15, 0.2) is 0 Å². The number of hydrogen-bond donors (Lipinski definition) is 1. The van der Waals surface area contributed by atoms with Crippen molar-refractivity contribution in [2.45, 2.75) is 19.4 Å². The molecule has 0 aliphatic carbocycles. The van der Waals surface area contributed by atoms with Gasteiger partial charge in [0.05, 0.1) is 13.2 Å². The van der Waals surface area contributed by atoms with Crippen molar-refractivity contribution in [3.05, 3.63) is 0 Å². The number of carbonyl (C=O) groups excluding carboxylic acids is 1. The number of nitrogens with one attached hydrogen (secondary N) is 1. The average molecular weight is 227 g/mol. The van der Waals surface area contributed by atoms with Gasteiger partial charge in [-0.3, -0.25) is 4.90 Å². The number of amides is 2. The first-order valence-electron chi connectivity index (χ1n) is 6.16. The van der Waals surface area contributed by atoms with Gasteiger partial charge in [-0.1, -0.05) is 6.92 Å². The number of likely N-dealkylation sites (tertiary alicyclic amines) is 1. The van der Waals surface area contributed by atoms with E-state index in [9.17, 15) is 4.79 Å². The summed E-state index contributed by atoms with van der Waals surface area (Å²) in [6.07, 6.45) is 0.993. The van der Waals surface area contributed by atoms with E-state index in [1.807, 2.05) is 4.90 Å². The molecule has 0 saturated carbocycles. The first kappa shape index (κ1) is 11.7. The lowest BCUT2D eigenvalue weighted by Crippen LogP contribution is -2.64. The highest BCUT2D eigenvalue weighted by Crippen LogP contribution is 2.16. The second-order valence-electron chi connectivity index (χ2n) is 4.44. The fourth-order valence-corrected chi connectivity index (χ4v) is 2.14. The lowest BCUT2D eigenvalue weighted by atomic mass is 10.1. The highest BCUT2D eigenvalue weighted by atomic mass is 16.5. The number of nitrogens with zero attached hydrogens (tertiary/aromatic N) is 2. The molecule has 2 rings (SSSR count). The van der Waals surface area contributed by atoms with Gasteiger partial charge in [-0.2, -0.15) is 0 Å². The van der Waals surface area contributed by atoms with Gasteiger partial charge >= 0.3 is 6.03 Å². The topological polar surface area (TPSA) is 44.8 Å². The molecule has 0 unspecified atom stereocenters. The summed E-state index contributed by atoms with van der Waals surface area (Å²) in [4.78, 5) is 15.9. The van der Waals surface area contributed by atoms with E-state index >= 15 is 0 Å². The summed E-state index contributed by atoms with van der Waals surface area (Å²) < 4.78 is 5.31. The van der Waals surface area contributed by atoms with E-state index in [-0.39, 0.29) is 6.03 Å². The quantitative estimate of drug-likeness (QED) is 0.745. The van der Waals surface area contributed by atoms with Crippen LogP contribution in [-0.2, 0) is 4.74 Å². The zero-order valence-electron chi connectivity index (χ0n) is 9.95. The van der Waals surface area contributed by atoms with Crippen LogP contribution in [-0.4, -0.2) is 67.8 Å². The molecule has 0 radical (unpaired) electrons. The minimum atomic E-state index is 0.0892. The first-order chi connectivity index (χ1) is 7.81. The highest BCUT2D eigenvalue weighted by Gasteiger charge is 2.34. The van der Waals surface area contributed by atoms with Gasteiger partial charge in [0.1, 0.15) is 0 Å². The fourth-order valence-electron chi connectivity index (χ4n) is 2.14. The van der Waals surface area contributed by atoms with Crippen molar-refractivity contribution in [2.24, 2.45) is 0 Å². The molecular formula is C11H21N3O2. The zero-order chi connectivity index (χ0) is 11.4. The predicted molar refractivity (Wildman–Crippen MR) is 61.4 cm³/mol. The summed E-state index contributed by atoms with van der Waals surface area (Å²) in [5.74, 6) is 0. The summed E-state index contributed by atoms with van der Waals surface area (Å²) in [5, 5.41) is 2.90. The van der Waals surface area contributed by atoms with Crippen LogP contribution in [0, 0.1) is 0 Å². The maximum absolute atomic E-state index is 11.6. The van der Waals surface area contributed by atoms with Crippen molar-refractivity contribution < 1.29 is 9.53 Å². The molecule has 2 fully saturated rings. The van der Waals surface area contributed by atoms with Crippen LogP contribution in [0.3, 0.4) is 0 Å².